The van der Waals surface area contributed by atoms with E-state index < -0.39 is 6.09 Å². The molecule has 0 aromatic heterocycles. The van der Waals surface area contributed by atoms with E-state index in [1.54, 1.807) is 0 Å². The fourth-order valence-corrected chi connectivity index (χ4v) is 3.33. The van der Waals surface area contributed by atoms with Gasteiger partial charge in [-0.15, -0.1) is 6.42 Å². The van der Waals surface area contributed by atoms with Gasteiger partial charge in [0.05, 0.1) is 6.10 Å². The molecule has 0 unspecified atom stereocenters. The molecule has 0 bridgehead atoms. The molecule has 2 N–H and O–H groups in total. The third-order valence-corrected chi connectivity index (χ3v) is 4.42. The number of terminal acetylenes is 1. The molecule has 112 valence electrons. The lowest BCUT2D eigenvalue weighted by Crippen LogP contribution is -2.48. The van der Waals surface area contributed by atoms with Crippen LogP contribution in [0.15, 0.2) is 0 Å². The maximum atomic E-state index is 10.6. The van der Waals surface area contributed by atoms with E-state index in [1.807, 2.05) is 0 Å². The third-order valence-electron chi connectivity index (χ3n) is 4.42. The minimum atomic E-state index is -0.908. The standard InChI is InChI=1S/C15H24N2O3/c1-2-11-20-14-5-3-13(4-6-14)17-9-7-12(8-10-17)16-15(18)19/h1,12-14,16H,3-11H2,(H,18,19). The van der Waals surface area contributed by atoms with E-state index in [1.165, 1.54) is 0 Å². The minimum absolute atomic E-state index is 0.124. The quantitative estimate of drug-likeness (QED) is 0.769. The van der Waals surface area contributed by atoms with Crippen LogP contribution in [0.1, 0.15) is 38.5 Å². The Morgan fingerprint density at radius 1 is 1.25 bits per heavy atom. The Bertz CT molecular complexity index is 351. The van der Waals surface area contributed by atoms with Crippen LogP contribution >= 0.6 is 0 Å². The van der Waals surface area contributed by atoms with Crippen LogP contribution in [-0.2, 0) is 4.74 Å². The molecule has 1 heterocycles. The summed E-state index contributed by atoms with van der Waals surface area (Å²) in [5.41, 5.74) is 0. The molecular weight excluding hydrogens is 256 g/mol. The Morgan fingerprint density at radius 3 is 2.45 bits per heavy atom. The number of rotatable bonds is 4. The molecule has 0 aromatic carbocycles. The molecule has 0 atom stereocenters. The van der Waals surface area contributed by atoms with Crippen molar-refractivity contribution in [3.05, 3.63) is 0 Å². The van der Waals surface area contributed by atoms with Crippen molar-refractivity contribution in [3.8, 4) is 12.3 Å². The van der Waals surface area contributed by atoms with E-state index in [9.17, 15) is 4.79 Å². The fourth-order valence-electron chi connectivity index (χ4n) is 3.33. The van der Waals surface area contributed by atoms with E-state index in [2.05, 4.69) is 16.1 Å². The van der Waals surface area contributed by atoms with Crippen LogP contribution in [-0.4, -0.2) is 54.0 Å². The highest BCUT2D eigenvalue weighted by molar-refractivity contribution is 5.64. The lowest BCUT2D eigenvalue weighted by Gasteiger charge is -2.40. The van der Waals surface area contributed by atoms with Crippen molar-refractivity contribution in [2.45, 2.75) is 56.7 Å². The number of piperidine rings is 1. The van der Waals surface area contributed by atoms with E-state index in [0.29, 0.717) is 18.8 Å². The van der Waals surface area contributed by atoms with E-state index >= 15 is 0 Å². The topological polar surface area (TPSA) is 61.8 Å². The van der Waals surface area contributed by atoms with Crippen LogP contribution in [0.2, 0.25) is 0 Å². The summed E-state index contributed by atoms with van der Waals surface area (Å²) in [6.45, 7) is 2.40. The molecule has 2 rings (SSSR count). The Morgan fingerprint density at radius 2 is 1.90 bits per heavy atom. The van der Waals surface area contributed by atoms with Gasteiger partial charge in [-0.2, -0.15) is 0 Å². The van der Waals surface area contributed by atoms with Crippen molar-refractivity contribution in [2.24, 2.45) is 0 Å². The summed E-state index contributed by atoms with van der Waals surface area (Å²) in [4.78, 5) is 13.1. The van der Waals surface area contributed by atoms with Crippen LogP contribution < -0.4 is 5.32 Å². The highest BCUT2D eigenvalue weighted by Gasteiger charge is 2.29. The largest absolute Gasteiger partial charge is 0.465 e. The number of likely N-dealkylation sites (tertiary alicyclic amines) is 1. The Balaban J connectivity index is 1.68. The van der Waals surface area contributed by atoms with E-state index in [0.717, 1.165) is 51.6 Å². The molecule has 5 nitrogen and oxygen atoms in total. The second kappa shape index (κ2) is 7.51. The van der Waals surface area contributed by atoms with Gasteiger partial charge in [-0.1, -0.05) is 5.92 Å². The zero-order valence-electron chi connectivity index (χ0n) is 11.9. The molecule has 1 amide bonds. The zero-order chi connectivity index (χ0) is 14.4. The fraction of sp³-hybridized carbons (Fsp3) is 0.800. The number of ether oxygens (including phenoxy) is 1. The lowest BCUT2D eigenvalue weighted by atomic mass is 9.90. The van der Waals surface area contributed by atoms with Crippen LogP contribution in [0.25, 0.3) is 0 Å². The van der Waals surface area contributed by atoms with E-state index in [4.69, 9.17) is 16.3 Å². The lowest BCUT2D eigenvalue weighted by molar-refractivity contribution is 0.0177. The van der Waals surface area contributed by atoms with Gasteiger partial charge in [-0.3, -0.25) is 0 Å². The van der Waals surface area contributed by atoms with Gasteiger partial charge in [-0.25, -0.2) is 4.79 Å². The molecule has 1 aliphatic heterocycles. The van der Waals surface area contributed by atoms with Crippen molar-refractivity contribution in [1.82, 2.24) is 10.2 Å². The Labute approximate surface area is 120 Å². The Hall–Kier alpha value is -1.25. The number of nitrogens with one attached hydrogen (secondary N) is 1. The predicted octanol–water partition coefficient (Wildman–Crippen LogP) is 1.68. The molecule has 0 aromatic rings. The molecule has 1 saturated heterocycles. The van der Waals surface area contributed by atoms with Crippen LogP contribution in [0.4, 0.5) is 4.79 Å². The van der Waals surface area contributed by atoms with E-state index in [-0.39, 0.29) is 6.04 Å². The molecule has 1 aliphatic carbocycles. The zero-order valence-corrected chi connectivity index (χ0v) is 11.9. The molecule has 2 aliphatic rings. The van der Waals surface area contributed by atoms with Crippen molar-refractivity contribution < 1.29 is 14.6 Å². The molecule has 20 heavy (non-hydrogen) atoms. The first-order valence-corrected chi connectivity index (χ1v) is 7.47. The van der Waals surface area contributed by atoms with Gasteiger partial charge in [0.15, 0.2) is 0 Å². The SMILES string of the molecule is C#CCOC1CCC(N2CCC(NC(=O)O)CC2)CC1. The summed E-state index contributed by atoms with van der Waals surface area (Å²) in [5.74, 6) is 2.52. The van der Waals surface area contributed by atoms with Crippen molar-refractivity contribution in [2.75, 3.05) is 19.7 Å². The number of carboxylic acid groups (broad SMARTS) is 1. The van der Waals surface area contributed by atoms with Gasteiger partial charge in [0, 0.05) is 25.2 Å². The van der Waals surface area contributed by atoms with Crippen LogP contribution in [0.3, 0.4) is 0 Å². The van der Waals surface area contributed by atoms with Crippen molar-refractivity contribution >= 4 is 6.09 Å². The Kier molecular flexibility index (Phi) is 5.69. The molecule has 0 radical (unpaired) electrons. The molecular formula is C15H24N2O3. The summed E-state index contributed by atoms with van der Waals surface area (Å²) >= 11 is 0. The number of nitrogens with zero attached hydrogens (tertiary/aromatic N) is 1. The van der Waals surface area contributed by atoms with Gasteiger partial charge >= 0.3 is 6.09 Å². The maximum absolute atomic E-state index is 10.6. The predicted molar refractivity (Wildman–Crippen MR) is 76.6 cm³/mol. The molecule has 5 heteroatoms. The highest BCUT2D eigenvalue weighted by atomic mass is 16.5. The summed E-state index contributed by atoms with van der Waals surface area (Å²) in [5, 5.41) is 11.3. The molecule has 2 fully saturated rings. The smallest absolute Gasteiger partial charge is 0.404 e. The summed E-state index contributed by atoms with van der Waals surface area (Å²) in [6, 6.07) is 0.755. The highest BCUT2D eigenvalue weighted by Crippen LogP contribution is 2.27. The molecule has 1 saturated carbocycles. The van der Waals surface area contributed by atoms with Gasteiger partial charge in [0.1, 0.15) is 6.61 Å². The number of hydrogen-bond acceptors (Lipinski definition) is 3. The van der Waals surface area contributed by atoms with Gasteiger partial charge in [-0.05, 0) is 38.5 Å². The van der Waals surface area contributed by atoms with Gasteiger partial charge < -0.3 is 20.1 Å². The first kappa shape index (κ1) is 15.1. The maximum Gasteiger partial charge on any atom is 0.404 e. The summed E-state index contributed by atoms with van der Waals surface area (Å²) in [7, 11) is 0. The average molecular weight is 280 g/mol. The molecule has 0 spiro atoms. The van der Waals surface area contributed by atoms with Gasteiger partial charge in [0.25, 0.3) is 0 Å². The average Bonchev–Trinajstić information content (AvgIpc) is 2.46. The second-order valence-electron chi connectivity index (χ2n) is 5.71. The number of hydrogen-bond donors (Lipinski definition) is 2. The number of amides is 1. The third kappa shape index (κ3) is 4.39. The monoisotopic (exact) mass is 280 g/mol. The summed E-state index contributed by atoms with van der Waals surface area (Å²) in [6.07, 6.45) is 10.9. The normalized spacial score (nSPS) is 28.8. The summed E-state index contributed by atoms with van der Waals surface area (Å²) < 4.78 is 5.60. The number of carbonyl (C=O) groups is 1. The van der Waals surface area contributed by atoms with Crippen LogP contribution in [0, 0.1) is 12.3 Å². The van der Waals surface area contributed by atoms with Gasteiger partial charge in [0.2, 0.25) is 0 Å². The minimum Gasteiger partial charge on any atom is -0.465 e. The van der Waals surface area contributed by atoms with Crippen molar-refractivity contribution in [3.63, 3.8) is 0 Å². The van der Waals surface area contributed by atoms with Crippen molar-refractivity contribution in [1.29, 1.82) is 0 Å². The first-order valence-electron chi connectivity index (χ1n) is 7.47. The van der Waals surface area contributed by atoms with Crippen LogP contribution in [0.5, 0.6) is 0 Å². The first-order chi connectivity index (χ1) is 9.69. The second-order valence-corrected chi connectivity index (χ2v) is 5.71.